The van der Waals surface area contributed by atoms with Crippen LogP contribution in [0.4, 0.5) is 0 Å². The van der Waals surface area contributed by atoms with E-state index in [1.165, 1.54) is 0 Å². The fourth-order valence-electron chi connectivity index (χ4n) is 2.67. The molecule has 0 heterocycles. The monoisotopic (exact) mass is 339 g/mol. The van der Waals surface area contributed by atoms with Crippen LogP contribution in [-0.4, -0.2) is 17.0 Å². The molecule has 2 aromatic rings. The minimum absolute atomic E-state index is 0.0195. The van der Waals surface area contributed by atoms with Crippen molar-refractivity contribution in [2.24, 2.45) is 0 Å². The third kappa shape index (κ3) is 5.18. The maximum atomic E-state index is 12.5. The van der Waals surface area contributed by atoms with Gasteiger partial charge in [-0.2, -0.15) is 0 Å². The van der Waals surface area contributed by atoms with Crippen LogP contribution in [0.15, 0.2) is 48.5 Å². The van der Waals surface area contributed by atoms with Crippen molar-refractivity contribution in [3.05, 3.63) is 70.8 Å². The molecule has 2 N–H and O–H groups in total. The predicted molar refractivity (Wildman–Crippen MR) is 98.8 cm³/mol. The molecule has 0 aromatic heterocycles. The maximum absolute atomic E-state index is 12.5. The SMILES string of the molecule is Cc1cccc(C(=O)NC(CC(=O)O)c2ccc(C(C)(C)C)cc2)c1. The van der Waals surface area contributed by atoms with Crippen molar-refractivity contribution < 1.29 is 14.7 Å². The molecular formula is C21H25NO3. The highest BCUT2D eigenvalue weighted by atomic mass is 16.4. The van der Waals surface area contributed by atoms with Crippen LogP contribution in [0.5, 0.6) is 0 Å². The number of carboxylic acid groups (broad SMARTS) is 1. The summed E-state index contributed by atoms with van der Waals surface area (Å²) in [6, 6.07) is 14.4. The zero-order chi connectivity index (χ0) is 18.6. The van der Waals surface area contributed by atoms with E-state index in [1.807, 2.05) is 43.3 Å². The number of benzene rings is 2. The Kier molecular flexibility index (Phi) is 5.62. The number of carbonyl (C=O) groups excluding carboxylic acids is 1. The number of hydrogen-bond donors (Lipinski definition) is 2. The van der Waals surface area contributed by atoms with Crippen LogP contribution < -0.4 is 5.32 Å². The first-order valence-corrected chi connectivity index (χ1v) is 8.36. The van der Waals surface area contributed by atoms with Crippen LogP contribution in [0, 0.1) is 6.92 Å². The molecule has 0 bridgehead atoms. The van der Waals surface area contributed by atoms with Crippen molar-refractivity contribution in [3.8, 4) is 0 Å². The molecule has 2 rings (SSSR count). The Morgan fingerprint density at radius 1 is 1.08 bits per heavy atom. The highest BCUT2D eigenvalue weighted by molar-refractivity contribution is 5.94. The average molecular weight is 339 g/mol. The third-order valence-corrected chi connectivity index (χ3v) is 4.14. The van der Waals surface area contributed by atoms with Crippen molar-refractivity contribution in [1.82, 2.24) is 5.32 Å². The lowest BCUT2D eigenvalue weighted by Gasteiger charge is -2.22. The van der Waals surface area contributed by atoms with Gasteiger partial charge in [0.1, 0.15) is 0 Å². The zero-order valence-electron chi connectivity index (χ0n) is 15.2. The van der Waals surface area contributed by atoms with E-state index in [4.69, 9.17) is 0 Å². The summed E-state index contributed by atoms with van der Waals surface area (Å²) in [5.41, 5.74) is 3.48. The fraction of sp³-hybridized carbons (Fsp3) is 0.333. The van der Waals surface area contributed by atoms with Gasteiger partial charge in [0, 0.05) is 5.56 Å². The molecule has 1 unspecified atom stereocenters. The Bertz CT molecular complexity index is 757. The lowest BCUT2D eigenvalue weighted by Crippen LogP contribution is -2.30. The molecule has 0 aliphatic carbocycles. The maximum Gasteiger partial charge on any atom is 0.305 e. The highest BCUT2D eigenvalue weighted by Gasteiger charge is 2.20. The molecule has 1 amide bonds. The number of carboxylic acids is 1. The van der Waals surface area contributed by atoms with Gasteiger partial charge in [0.2, 0.25) is 0 Å². The van der Waals surface area contributed by atoms with Crippen molar-refractivity contribution >= 4 is 11.9 Å². The van der Waals surface area contributed by atoms with Crippen molar-refractivity contribution in [2.75, 3.05) is 0 Å². The van der Waals surface area contributed by atoms with Crippen LogP contribution in [0.3, 0.4) is 0 Å². The Morgan fingerprint density at radius 3 is 2.24 bits per heavy atom. The molecule has 2 aromatic carbocycles. The Morgan fingerprint density at radius 2 is 1.72 bits per heavy atom. The summed E-state index contributed by atoms with van der Waals surface area (Å²) >= 11 is 0. The van der Waals surface area contributed by atoms with Gasteiger partial charge in [-0.1, -0.05) is 62.7 Å². The van der Waals surface area contributed by atoms with E-state index in [0.29, 0.717) is 5.56 Å². The standard InChI is InChI=1S/C21H25NO3/c1-14-6-5-7-16(12-14)20(25)22-18(13-19(23)24)15-8-10-17(11-9-15)21(2,3)4/h5-12,18H,13H2,1-4H3,(H,22,25)(H,23,24). The van der Waals surface area contributed by atoms with E-state index in [2.05, 4.69) is 26.1 Å². The minimum Gasteiger partial charge on any atom is -0.481 e. The quantitative estimate of drug-likeness (QED) is 0.856. The van der Waals surface area contributed by atoms with Gasteiger partial charge in [-0.05, 0) is 35.6 Å². The van der Waals surface area contributed by atoms with Gasteiger partial charge in [0.15, 0.2) is 0 Å². The summed E-state index contributed by atoms with van der Waals surface area (Å²) < 4.78 is 0. The minimum atomic E-state index is -0.950. The Balaban J connectivity index is 2.24. The summed E-state index contributed by atoms with van der Waals surface area (Å²) in [5, 5.41) is 12.1. The second-order valence-corrected chi connectivity index (χ2v) is 7.37. The molecular weight excluding hydrogens is 314 g/mol. The first kappa shape index (κ1) is 18.7. The van der Waals surface area contributed by atoms with Crippen LogP contribution in [0.25, 0.3) is 0 Å². The smallest absolute Gasteiger partial charge is 0.305 e. The first-order chi connectivity index (χ1) is 11.7. The summed E-state index contributed by atoms with van der Waals surface area (Å²) in [6.45, 7) is 8.28. The number of aliphatic carboxylic acids is 1. The molecule has 0 saturated heterocycles. The number of rotatable bonds is 5. The molecule has 0 spiro atoms. The van der Waals surface area contributed by atoms with Crippen LogP contribution in [0.2, 0.25) is 0 Å². The van der Waals surface area contributed by atoms with Crippen molar-refractivity contribution in [3.63, 3.8) is 0 Å². The average Bonchev–Trinajstić information content (AvgIpc) is 2.53. The van der Waals surface area contributed by atoms with Crippen LogP contribution in [-0.2, 0) is 10.2 Å². The lowest BCUT2D eigenvalue weighted by atomic mass is 9.86. The molecule has 0 radical (unpaired) electrons. The Labute approximate surface area is 148 Å². The van der Waals surface area contributed by atoms with Crippen molar-refractivity contribution in [1.29, 1.82) is 0 Å². The van der Waals surface area contributed by atoms with Gasteiger partial charge in [0.25, 0.3) is 5.91 Å². The Hall–Kier alpha value is -2.62. The number of nitrogens with one attached hydrogen (secondary N) is 1. The molecule has 25 heavy (non-hydrogen) atoms. The van der Waals surface area contributed by atoms with E-state index in [-0.39, 0.29) is 17.7 Å². The molecule has 0 fully saturated rings. The molecule has 0 aliphatic heterocycles. The summed E-state index contributed by atoms with van der Waals surface area (Å²) in [6.07, 6.45) is -0.160. The van der Waals surface area contributed by atoms with E-state index < -0.39 is 12.0 Å². The van der Waals surface area contributed by atoms with E-state index in [9.17, 15) is 14.7 Å². The summed E-state index contributed by atoms with van der Waals surface area (Å²) in [4.78, 5) is 23.7. The van der Waals surface area contributed by atoms with E-state index in [1.54, 1.807) is 12.1 Å². The lowest BCUT2D eigenvalue weighted by molar-refractivity contribution is -0.137. The number of aryl methyl sites for hydroxylation is 1. The molecule has 4 nitrogen and oxygen atoms in total. The second kappa shape index (κ2) is 7.51. The van der Waals surface area contributed by atoms with Gasteiger partial charge in [-0.25, -0.2) is 0 Å². The summed E-state index contributed by atoms with van der Waals surface area (Å²) in [7, 11) is 0. The van der Waals surface area contributed by atoms with Crippen LogP contribution in [0.1, 0.15) is 60.3 Å². The highest BCUT2D eigenvalue weighted by Crippen LogP contribution is 2.25. The fourth-order valence-corrected chi connectivity index (χ4v) is 2.67. The largest absolute Gasteiger partial charge is 0.481 e. The summed E-state index contributed by atoms with van der Waals surface area (Å²) in [5.74, 6) is -1.22. The van der Waals surface area contributed by atoms with Gasteiger partial charge >= 0.3 is 5.97 Å². The predicted octanol–water partition coefficient (Wildman–Crippen LogP) is 4.24. The second-order valence-electron chi connectivity index (χ2n) is 7.37. The van der Waals surface area contributed by atoms with Gasteiger partial charge in [-0.3, -0.25) is 9.59 Å². The molecule has 1 atom stereocenters. The topological polar surface area (TPSA) is 66.4 Å². The van der Waals surface area contributed by atoms with Crippen molar-refractivity contribution in [2.45, 2.75) is 45.6 Å². The molecule has 0 saturated carbocycles. The zero-order valence-corrected chi connectivity index (χ0v) is 15.2. The van der Waals surface area contributed by atoms with Crippen LogP contribution >= 0.6 is 0 Å². The van der Waals surface area contributed by atoms with Gasteiger partial charge in [-0.15, -0.1) is 0 Å². The first-order valence-electron chi connectivity index (χ1n) is 8.36. The number of amides is 1. The van der Waals surface area contributed by atoms with Gasteiger partial charge in [0.05, 0.1) is 12.5 Å². The number of hydrogen-bond acceptors (Lipinski definition) is 2. The van der Waals surface area contributed by atoms with E-state index >= 15 is 0 Å². The van der Waals surface area contributed by atoms with Gasteiger partial charge < -0.3 is 10.4 Å². The third-order valence-electron chi connectivity index (χ3n) is 4.14. The molecule has 132 valence electrons. The number of carbonyl (C=O) groups is 2. The normalized spacial score (nSPS) is 12.5. The molecule has 4 heteroatoms. The van der Waals surface area contributed by atoms with E-state index in [0.717, 1.165) is 16.7 Å². The molecule has 0 aliphatic rings.